The van der Waals surface area contributed by atoms with Crippen molar-refractivity contribution >= 4 is 11.6 Å². The summed E-state index contributed by atoms with van der Waals surface area (Å²) >= 11 is 0. The summed E-state index contributed by atoms with van der Waals surface area (Å²) in [5.74, 6) is 0.918. The van der Waals surface area contributed by atoms with Crippen molar-refractivity contribution in [1.29, 1.82) is 0 Å². The highest BCUT2D eigenvalue weighted by Crippen LogP contribution is 2.24. The van der Waals surface area contributed by atoms with E-state index in [1.165, 1.54) is 0 Å². The van der Waals surface area contributed by atoms with Crippen LogP contribution in [0.3, 0.4) is 0 Å². The van der Waals surface area contributed by atoms with Gasteiger partial charge in [0.1, 0.15) is 5.75 Å². The van der Waals surface area contributed by atoms with Gasteiger partial charge in [-0.05, 0) is 24.5 Å². The zero-order valence-corrected chi connectivity index (χ0v) is 12.0. The minimum absolute atomic E-state index is 0.0752. The molecule has 0 bridgehead atoms. The molecule has 1 rings (SSSR count). The molecule has 4 heteroatoms. The normalized spacial score (nSPS) is 12.3. The lowest BCUT2D eigenvalue weighted by Crippen LogP contribution is -2.31. The zero-order valence-electron chi connectivity index (χ0n) is 12.0. The van der Waals surface area contributed by atoms with Crippen molar-refractivity contribution in [2.45, 2.75) is 39.7 Å². The molecule has 0 aliphatic rings. The Kier molecular flexibility index (Phi) is 6.36. The van der Waals surface area contributed by atoms with Crippen molar-refractivity contribution in [2.75, 3.05) is 11.9 Å². The number of carbonyl (C=O) groups is 1. The van der Waals surface area contributed by atoms with Crippen molar-refractivity contribution in [3.05, 3.63) is 24.3 Å². The average molecular weight is 264 g/mol. The number of para-hydroxylation sites is 2. The third-order valence-corrected chi connectivity index (χ3v) is 2.90. The number of ether oxygens (including phenoxy) is 1. The van der Waals surface area contributed by atoms with Gasteiger partial charge in [0.15, 0.2) is 0 Å². The van der Waals surface area contributed by atoms with Crippen LogP contribution in [0.1, 0.15) is 33.6 Å². The van der Waals surface area contributed by atoms with Crippen LogP contribution in [0.4, 0.5) is 5.69 Å². The molecule has 1 aromatic carbocycles. The van der Waals surface area contributed by atoms with Gasteiger partial charge in [0.05, 0.1) is 12.3 Å². The Morgan fingerprint density at radius 3 is 2.68 bits per heavy atom. The van der Waals surface area contributed by atoms with Crippen molar-refractivity contribution in [2.24, 2.45) is 11.7 Å². The quantitative estimate of drug-likeness (QED) is 0.796. The number of carbonyl (C=O) groups excluding carboxylic acids is 1. The summed E-state index contributed by atoms with van der Waals surface area (Å²) in [5, 5.41) is 2.86. The standard InChI is InChI=1S/C15H24N2O2/c1-4-9-19-14-8-6-5-7-13(14)17-15(18)10-12(16)11(2)3/h5-8,11-12H,4,9-10,16H2,1-3H3,(H,17,18). The maximum atomic E-state index is 11.9. The van der Waals surface area contributed by atoms with Crippen LogP contribution in [0, 0.1) is 5.92 Å². The van der Waals surface area contributed by atoms with Gasteiger partial charge in [-0.3, -0.25) is 4.79 Å². The first kappa shape index (κ1) is 15.5. The highest BCUT2D eigenvalue weighted by Gasteiger charge is 2.14. The first-order chi connectivity index (χ1) is 9.04. The van der Waals surface area contributed by atoms with E-state index in [4.69, 9.17) is 10.5 Å². The molecule has 0 radical (unpaired) electrons. The molecule has 0 saturated carbocycles. The van der Waals surface area contributed by atoms with E-state index in [-0.39, 0.29) is 17.9 Å². The third kappa shape index (κ3) is 5.30. The van der Waals surface area contributed by atoms with E-state index in [9.17, 15) is 4.79 Å². The van der Waals surface area contributed by atoms with Gasteiger partial charge in [-0.2, -0.15) is 0 Å². The molecule has 0 aromatic heterocycles. The van der Waals surface area contributed by atoms with Crippen LogP contribution in [-0.2, 0) is 4.79 Å². The Hall–Kier alpha value is -1.55. The second kappa shape index (κ2) is 7.79. The fourth-order valence-corrected chi connectivity index (χ4v) is 1.56. The summed E-state index contributed by atoms with van der Waals surface area (Å²) in [6.07, 6.45) is 1.25. The maximum Gasteiger partial charge on any atom is 0.226 e. The molecule has 0 aliphatic heterocycles. The molecule has 0 fully saturated rings. The van der Waals surface area contributed by atoms with E-state index in [1.54, 1.807) is 0 Å². The van der Waals surface area contributed by atoms with E-state index >= 15 is 0 Å². The van der Waals surface area contributed by atoms with Gasteiger partial charge >= 0.3 is 0 Å². The van der Waals surface area contributed by atoms with E-state index in [1.807, 2.05) is 45.0 Å². The average Bonchev–Trinajstić information content (AvgIpc) is 2.37. The maximum absolute atomic E-state index is 11.9. The molecule has 4 nitrogen and oxygen atoms in total. The topological polar surface area (TPSA) is 64.3 Å². The second-order valence-electron chi connectivity index (χ2n) is 5.00. The number of nitrogens with two attached hydrogens (primary N) is 1. The highest BCUT2D eigenvalue weighted by atomic mass is 16.5. The van der Waals surface area contributed by atoms with Gasteiger partial charge in [-0.1, -0.05) is 32.9 Å². The van der Waals surface area contributed by atoms with Crippen LogP contribution >= 0.6 is 0 Å². The molecule has 0 heterocycles. The molecule has 3 N–H and O–H groups in total. The minimum atomic E-state index is -0.122. The van der Waals surface area contributed by atoms with Crippen molar-refractivity contribution in [1.82, 2.24) is 0 Å². The second-order valence-corrected chi connectivity index (χ2v) is 5.00. The fraction of sp³-hybridized carbons (Fsp3) is 0.533. The molecule has 0 aliphatic carbocycles. The van der Waals surface area contributed by atoms with Crippen LogP contribution in [0.5, 0.6) is 5.75 Å². The van der Waals surface area contributed by atoms with Gasteiger partial charge in [0.2, 0.25) is 5.91 Å². The summed E-state index contributed by atoms with van der Waals surface area (Å²) < 4.78 is 5.59. The minimum Gasteiger partial charge on any atom is -0.491 e. The zero-order chi connectivity index (χ0) is 14.3. The summed E-state index contributed by atoms with van der Waals surface area (Å²) in [6.45, 7) is 6.70. The fourth-order valence-electron chi connectivity index (χ4n) is 1.56. The Morgan fingerprint density at radius 2 is 2.05 bits per heavy atom. The van der Waals surface area contributed by atoms with Crippen molar-refractivity contribution < 1.29 is 9.53 Å². The van der Waals surface area contributed by atoms with E-state index in [2.05, 4.69) is 5.32 Å². The first-order valence-electron chi connectivity index (χ1n) is 6.81. The number of hydrogen-bond acceptors (Lipinski definition) is 3. The SMILES string of the molecule is CCCOc1ccccc1NC(=O)CC(N)C(C)C. The highest BCUT2D eigenvalue weighted by molar-refractivity contribution is 5.92. The number of anilines is 1. The van der Waals surface area contributed by atoms with Crippen LogP contribution < -0.4 is 15.8 Å². The lowest BCUT2D eigenvalue weighted by Gasteiger charge is -2.16. The smallest absolute Gasteiger partial charge is 0.226 e. The van der Waals surface area contributed by atoms with Gasteiger partial charge in [-0.15, -0.1) is 0 Å². The van der Waals surface area contributed by atoms with Crippen molar-refractivity contribution in [3.63, 3.8) is 0 Å². The van der Waals surface area contributed by atoms with E-state index in [0.717, 1.165) is 6.42 Å². The van der Waals surface area contributed by atoms with Gasteiger partial charge in [-0.25, -0.2) is 0 Å². The molecule has 0 spiro atoms. The van der Waals surface area contributed by atoms with E-state index < -0.39 is 0 Å². The van der Waals surface area contributed by atoms with Crippen LogP contribution in [-0.4, -0.2) is 18.6 Å². The molecule has 1 amide bonds. The predicted octanol–water partition coefficient (Wildman–Crippen LogP) is 2.79. The number of hydrogen-bond donors (Lipinski definition) is 2. The predicted molar refractivity (Wildman–Crippen MR) is 78.3 cm³/mol. The number of benzene rings is 1. The first-order valence-corrected chi connectivity index (χ1v) is 6.81. The number of amides is 1. The molecule has 1 unspecified atom stereocenters. The Balaban J connectivity index is 2.63. The van der Waals surface area contributed by atoms with Gasteiger partial charge in [0.25, 0.3) is 0 Å². The van der Waals surface area contributed by atoms with Crippen LogP contribution in [0.15, 0.2) is 24.3 Å². The molecule has 19 heavy (non-hydrogen) atoms. The summed E-state index contributed by atoms with van der Waals surface area (Å²) in [5.41, 5.74) is 6.60. The molecule has 1 atom stereocenters. The Morgan fingerprint density at radius 1 is 1.37 bits per heavy atom. The van der Waals surface area contributed by atoms with Crippen LogP contribution in [0.25, 0.3) is 0 Å². The van der Waals surface area contributed by atoms with Crippen LogP contribution in [0.2, 0.25) is 0 Å². The molecule has 1 aromatic rings. The molecule has 0 saturated heterocycles. The molecular formula is C15H24N2O2. The van der Waals surface area contributed by atoms with Gasteiger partial charge < -0.3 is 15.8 Å². The lowest BCUT2D eigenvalue weighted by molar-refractivity contribution is -0.116. The molecule has 106 valence electrons. The third-order valence-electron chi connectivity index (χ3n) is 2.90. The monoisotopic (exact) mass is 264 g/mol. The summed E-state index contributed by atoms with van der Waals surface area (Å²) in [7, 11) is 0. The van der Waals surface area contributed by atoms with Crippen molar-refractivity contribution in [3.8, 4) is 5.75 Å². The van der Waals surface area contributed by atoms with E-state index in [0.29, 0.717) is 24.5 Å². The summed E-state index contributed by atoms with van der Waals surface area (Å²) in [6, 6.07) is 7.33. The summed E-state index contributed by atoms with van der Waals surface area (Å²) in [4.78, 5) is 11.9. The van der Waals surface area contributed by atoms with Gasteiger partial charge in [0, 0.05) is 12.5 Å². The Labute approximate surface area is 115 Å². The lowest BCUT2D eigenvalue weighted by atomic mass is 10.0. The molecular weight excluding hydrogens is 240 g/mol. The largest absolute Gasteiger partial charge is 0.491 e. The number of rotatable bonds is 7. The Bertz CT molecular complexity index is 405. The number of nitrogens with one attached hydrogen (secondary N) is 1.